The number of furan rings is 1. The summed E-state index contributed by atoms with van der Waals surface area (Å²) in [6, 6.07) is 3.64. The Balaban J connectivity index is 2.36. The molecule has 4 nitrogen and oxygen atoms in total. The van der Waals surface area contributed by atoms with Crippen LogP contribution >= 0.6 is 0 Å². The van der Waals surface area contributed by atoms with Crippen LogP contribution in [0.4, 0.5) is 0 Å². The van der Waals surface area contributed by atoms with E-state index in [0.29, 0.717) is 6.42 Å². The Kier molecular flexibility index (Phi) is 3.11. The molecular weight excluding hydrogens is 192 g/mol. The lowest BCUT2D eigenvalue weighted by Gasteiger charge is -1.98. The SMILES string of the molecule is Cc1ccc(CCOS(C)(=O)=O)o1. The van der Waals surface area contributed by atoms with Gasteiger partial charge >= 0.3 is 0 Å². The summed E-state index contributed by atoms with van der Waals surface area (Å²) in [4.78, 5) is 0. The average Bonchev–Trinajstić information content (AvgIpc) is 2.33. The predicted octanol–water partition coefficient (Wildman–Crippen LogP) is 1.11. The fraction of sp³-hybridized carbons (Fsp3) is 0.500. The van der Waals surface area contributed by atoms with Crippen molar-refractivity contribution in [3.8, 4) is 0 Å². The molecule has 1 aromatic heterocycles. The minimum Gasteiger partial charge on any atom is -0.466 e. The highest BCUT2D eigenvalue weighted by molar-refractivity contribution is 7.85. The zero-order chi connectivity index (χ0) is 9.90. The van der Waals surface area contributed by atoms with Crippen molar-refractivity contribution >= 4 is 10.1 Å². The summed E-state index contributed by atoms with van der Waals surface area (Å²) >= 11 is 0. The van der Waals surface area contributed by atoms with Gasteiger partial charge in [0.15, 0.2) is 0 Å². The van der Waals surface area contributed by atoms with E-state index < -0.39 is 10.1 Å². The van der Waals surface area contributed by atoms with Gasteiger partial charge in [-0.3, -0.25) is 4.18 Å². The summed E-state index contributed by atoms with van der Waals surface area (Å²) in [5, 5.41) is 0. The number of hydrogen-bond donors (Lipinski definition) is 0. The van der Waals surface area contributed by atoms with E-state index in [1.165, 1.54) is 0 Å². The van der Waals surface area contributed by atoms with Gasteiger partial charge in [-0.25, -0.2) is 0 Å². The van der Waals surface area contributed by atoms with E-state index in [1.807, 2.05) is 13.0 Å². The van der Waals surface area contributed by atoms with Gasteiger partial charge < -0.3 is 4.42 Å². The van der Waals surface area contributed by atoms with Gasteiger partial charge in [0.1, 0.15) is 11.5 Å². The maximum atomic E-state index is 10.6. The minimum absolute atomic E-state index is 0.131. The smallest absolute Gasteiger partial charge is 0.264 e. The van der Waals surface area contributed by atoms with Gasteiger partial charge in [0.2, 0.25) is 0 Å². The van der Waals surface area contributed by atoms with Crippen LogP contribution in [0, 0.1) is 6.92 Å². The van der Waals surface area contributed by atoms with Crippen LogP contribution in [0.25, 0.3) is 0 Å². The van der Waals surface area contributed by atoms with Crippen LogP contribution in [0.5, 0.6) is 0 Å². The van der Waals surface area contributed by atoms with Crippen LogP contribution in [-0.4, -0.2) is 21.3 Å². The molecule has 5 heteroatoms. The molecule has 0 fully saturated rings. The Hall–Kier alpha value is -0.810. The molecule has 0 radical (unpaired) electrons. The highest BCUT2D eigenvalue weighted by Gasteiger charge is 2.03. The Bertz CT molecular complexity index is 363. The van der Waals surface area contributed by atoms with E-state index in [-0.39, 0.29) is 6.61 Å². The normalized spacial score (nSPS) is 11.8. The van der Waals surface area contributed by atoms with Crippen LogP contribution in [-0.2, 0) is 20.7 Å². The molecule has 0 bridgehead atoms. The first-order valence-electron chi connectivity index (χ1n) is 3.87. The quantitative estimate of drug-likeness (QED) is 0.689. The lowest BCUT2D eigenvalue weighted by Crippen LogP contribution is -2.05. The van der Waals surface area contributed by atoms with Gasteiger partial charge in [-0.05, 0) is 19.1 Å². The maximum absolute atomic E-state index is 10.6. The molecule has 0 amide bonds. The van der Waals surface area contributed by atoms with Crippen molar-refractivity contribution < 1.29 is 17.0 Å². The molecule has 0 saturated heterocycles. The lowest BCUT2D eigenvalue weighted by molar-refractivity contribution is 0.313. The van der Waals surface area contributed by atoms with Crippen LogP contribution in [0.2, 0.25) is 0 Å². The van der Waals surface area contributed by atoms with E-state index >= 15 is 0 Å². The van der Waals surface area contributed by atoms with Crippen LogP contribution in [0.3, 0.4) is 0 Å². The third-order valence-electron chi connectivity index (χ3n) is 1.44. The van der Waals surface area contributed by atoms with Gasteiger partial charge in [0.25, 0.3) is 10.1 Å². The summed E-state index contributed by atoms with van der Waals surface area (Å²) in [5.74, 6) is 1.55. The average molecular weight is 204 g/mol. The van der Waals surface area contributed by atoms with Gasteiger partial charge in [-0.1, -0.05) is 0 Å². The topological polar surface area (TPSA) is 56.5 Å². The van der Waals surface area contributed by atoms with Crippen LogP contribution < -0.4 is 0 Å². The molecule has 0 aliphatic rings. The largest absolute Gasteiger partial charge is 0.466 e. The van der Waals surface area contributed by atoms with Crippen molar-refractivity contribution in [1.29, 1.82) is 0 Å². The molecular formula is C8H12O4S. The molecule has 0 aliphatic heterocycles. The molecule has 1 heterocycles. The summed E-state index contributed by atoms with van der Waals surface area (Å²) in [5.41, 5.74) is 0. The van der Waals surface area contributed by atoms with Gasteiger partial charge in [-0.2, -0.15) is 8.42 Å². The molecule has 74 valence electrons. The molecule has 0 aliphatic carbocycles. The van der Waals surface area contributed by atoms with E-state index in [9.17, 15) is 8.42 Å². The summed E-state index contributed by atoms with van der Waals surface area (Å²) in [7, 11) is -3.33. The highest BCUT2D eigenvalue weighted by Crippen LogP contribution is 2.07. The second-order valence-corrected chi connectivity index (χ2v) is 4.43. The number of rotatable bonds is 4. The Morgan fingerprint density at radius 2 is 2.15 bits per heavy atom. The van der Waals surface area contributed by atoms with E-state index in [0.717, 1.165) is 17.8 Å². The third kappa shape index (κ3) is 4.10. The number of aryl methyl sites for hydroxylation is 1. The molecule has 0 aromatic carbocycles. The first kappa shape index (κ1) is 10.3. The number of hydrogen-bond acceptors (Lipinski definition) is 4. The van der Waals surface area contributed by atoms with Gasteiger partial charge in [0.05, 0.1) is 12.9 Å². The maximum Gasteiger partial charge on any atom is 0.264 e. The zero-order valence-corrected chi connectivity index (χ0v) is 8.43. The molecule has 0 spiro atoms. The fourth-order valence-electron chi connectivity index (χ4n) is 0.913. The lowest BCUT2D eigenvalue weighted by atomic mass is 10.3. The van der Waals surface area contributed by atoms with Crippen molar-refractivity contribution in [2.75, 3.05) is 12.9 Å². The second-order valence-electron chi connectivity index (χ2n) is 2.79. The summed E-state index contributed by atoms with van der Waals surface area (Å²) in [6.45, 7) is 1.96. The Morgan fingerprint density at radius 1 is 1.46 bits per heavy atom. The molecule has 1 aromatic rings. The van der Waals surface area contributed by atoms with Crippen LogP contribution in [0.1, 0.15) is 11.5 Å². The molecule has 0 unspecified atom stereocenters. The van der Waals surface area contributed by atoms with Gasteiger partial charge in [0, 0.05) is 6.42 Å². The molecule has 0 atom stereocenters. The molecule has 13 heavy (non-hydrogen) atoms. The van der Waals surface area contributed by atoms with Crippen LogP contribution in [0.15, 0.2) is 16.5 Å². The first-order valence-corrected chi connectivity index (χ1v) is 5.69. The van der Waals surface area contributed by atoms with E-state index in [1.54, 1.807) is 6.07 Å². The molecule has 1 rings (SSSR count). The minimum atomic E-state index is -3.33. The molecule has 0 N–H and O–H groups in total. The predicted molar refractivity (Wildman–Crippen MR) is 47.9 cm³/mol. The fourth-order valence-corrected chi connectivity index (χ4v) is 1.30. The van der Waals surface area contributed by atoms with Crippen molar-refractivity contribution in [3.63, 3.8) is 0 Å². The van der Waals surface area contributed by atoms with Crippen molar-refractivity contribution in [2.45, 2.75) is 13.3 Å². The highest BCUT2D eigenvalue weighted by atomic mass is 32.2. The second kappa shape index (κ2) is 3.93. The van der Waals surface area contributed by atoms with E-state index in [2.05, 4.69) is 4.18 Å². The Morgan fingerprint density at radius 3 is 2.62 bits per heavy atom. The Labute approximate surface area is 77.6 Å². The van der Waals surface area contributed by atoms with Gasteiger partial charge in [-0.15, -0.1) is 0 Å². The molecule has 0 saturated carbocycles. The van der Waals surface area contributed by atoms with Crippen molar-refractivity contribution in [3.05, 3.63) is 23.7 Å². The summed E-state index contributed by atoms with van der Waals surface area (Å²) in [6.07, 6.45) is 1.50. The zero-order valence-electron chi connectivity index (χ0n) is 7.61. The standard InChI is InChI=1S/C8H12O4S/c1-7-3-4-8(12-7)5-6-11-13(2,9)10/h3-4H,5-6H2,1-2H3. The monoisotopic (exact) mass is 204 g/mol. The first-order chi connectivity index (χ1) is 5.97. The third-order valence-corrected chi connectivity index (χ3v) is 2.04. The van der Waals surface area contributed by atoms with Crippen molar-refractivity contribution in [1.82, 2.24) is 0 Å². The van der Waals surface area contributed by atoms with E-state index in [4.69, 9.17) is 4.42 Å². The summed E-state index contributed by atoms with van der Waals surface area (Å²) < 4.78 is 30.9. The van der Waals surface area contributed by atoms with Crippen molar-refractivity contribution in [2.24, 2.45) is 0 Å².